The summed E-state index contributed by atoms with van der Waals surface area (Å²) < 4.78 is 48.9. The van der Waals surface area contributed by atoms with Crippen LogP contribution in [0.25, 0.3) is 16.0 Å². The maximum atomic E-state index is 7.44. The second-order valence-electron chi connectivity index (χ2n) is 15.6. The van der Waals surface area contributed by atoms with Gasteiger partial charge in [0, 0.05) is 31.6 Å². The van der Waals surface area contributed by atoms with Crippen LogP contribution in [0.4, 0.5) is 5.82 Å². The van der Waals surface area contributed by atoms with Crippen molar-refractivity contribution in [2.45, 2.75) is 77.2 Å². The third-order valence-corrected chi connectivity index (χ3v) is 13.2. The van der Waals surface area contributed by atoms with Gasteiger partial charge in [-0.25, -0.2) is 31.2 Å². The maximum Gasteiger partial charge on any atom is 0.259 e. The lowest BCUT2D eigenvalue weighted by molar-refractivity contribution is -0.0911. The Bertz CT molecular complexity index is 2210. The van der Waals surface area contributed by atoms with E-state index < -0.39 is 32.6 Å². The summed E-state index contributed by atoms with van der Waals surface area (Å²) in [5, 5.41) is 0. The van der Waals surface area contributed by atoms with Gasteiger partial charge in [0.2, 0.25) is 6.54 Å². The van der Waals surface area contributed by atoms with Gasteiger partial charge in [-0.1, -0.05) is 54.6 Å². The quantitative estimate of drug-likeness (QED) is 0.0210. The highest BCUT2D eigenvalue weighted by molar-refractivity contribution is 7.44. The molecule has 0 amide bonds. The SMILES string of the molecule is [C-]#[N+]CCOP(OC1C[C@H](n2cnc3c(N=C(C)N4CCOCC4)ncnc32)O[C@@H]1COC(c1ccccc1)(c1ccc(OC)cc1)c1ccc(OC)cc1)N(C(C)C)C(C)C. The Balaban J connectivity index is 1.29. The molecule has 0 N–H and O–H groups in total. The van der Waals surface area contributed by atoms with Gasteiger partial charge in [-0.2, -0.15) is 0 Å². The molecule has 3 aromatic carbocycles. The van der Waals surface area contributed by atoms with Crippen LogP contribution in [0.5, 0.6) is 11.5 Å². The van der Waals surface area contributed by atoms with Gasteiger partial charge in [0.25, 0.3) is 8.53 Å². The van der Waals surface area contributed by atoms with Crippen molar-refractivity contribution in [3.63, 3.8) is 0 Å². The van der Waals surface area contributed by atoms with Gasteiger partial charge < -0.3 is 42.5 Å². The average Bonchev–Trinajstić information content (AvgIpc) is 3.92. The number of aromatic nitrogens is 4. The molecule has 0 radical (unpaired) electrons. The molecule has 2 unspecified atom stereocenters. The van der Waals surface area contributed by atoms with Gasteiger partial charge in [-0.15, -0.1) is 0 Å². The molecule has 2 saturated heterocycles. The van der Waals surface area contributed by atoms with Gasteiger partial charge in [-0.05, 0) is 75.6 Å². The van der Waals surface area contributed by atoms with Crippen molar-refractivity contribution in [2.75, 3.05) is 60.3 Å². The normalized spacial score (nSPS) is 19.1. The van der Waals surface area contributed by atoms with Crippen LogP contribution in [0.3, 0.4) is 0 Å². The number of fused-ring (bicyclic) bond motifs is 1. The zero-order valence-electron chi connectivity index (χ0n) is 36.6. The number of methoxy groups -OCH3 is 2. The van der Waals surface area contributed by atoms with Gasteiger partial charge in [0.15, 0.2) is 17.0 Å². The minimum Gasteiger partial charge on any atom is -0.497 e. The first kappa shape index (κ1) is 45.0. The molecule has 0 saturated carbocycles. The molecule has 4 atom stereocenters. The zero-order chi connectivity index (χ0) is 43.6. The molecular formula is C46H57N8O7P. The second kappa shape index (κ2) is 20.9. The molecule has 16 heteroatoms. The third-order valence-electron chi connectivity index (χ3n) is 11.1. The first-order valence-corrected chi connectivity index (χ1v) is 22.2. The van der Waals surface area contributed by atoms with E-state index in [1.165, 1.54) is 6.33 Å². The topological polar surface area (TPSA) is 131 Å². The number of nitrogens with zero attached hydrogens (tertiary/aromatic N) is 8. The molecular weight excluding hydrogens is 808 g/mol. The first-order valence-electron chi connectivity index (χ1n) is 21.1. The van der Waals surface area contributed by atoms with Gasteiger partial charge in [0.05, 0.1) is 46.5 Å². The lowest BCUT2D eigenvalue weighted by atomic mass is 9.80. The van der Waals surface area contributed by atoms with Crippen molar-refractivity contribution in [1.82, 2.24) is 29.1 Å². The number of ether oxygens (including phenoxy) is 5. The summed E-state index contributed by atoms with van der Waals surface area (Å²) in [6.45, 7) is 21.3. The van der Waals surface area contributed by atoms with E-state index in [0.29, 0.717) is 36.6 Å². The van der Waals surface area contributed by atoms with Crippen LogP contribution in [-0.2, 0) is 28.9 Å². The molecule has 4 heterocycles. The van der Waals surface area contributed by atoms with Gasteiger partial charge >= 0.3 is 0 Å². The van der Waals surface area contributed by atoms with E-state index in [-0.39, 0.29) is 31.8 Å². The Hall–Kier alpha value is -5.04. The molecule has 15 nitrogen and oxygen atoms in total. The Morgan fingerprint density at radius 1 is 0.903 bits per heavy atom. The van der Waals surface area contributed by atoms with Gasteiger partial charge in [-0.3, -0.25) is 4.57 Å². The van der Waals surface area contributed by atoms with Crippen molar-refractivity contribution in [1.29, 1.82) is 0 Å². The summed E-state index contributed by atoms with van der Waals surface area (Å²) in [6, 6.07) is 26.3. The van der Waals surface area contributed by atoms with Crippen molar-refractivity contribution in [2.24, 2.45) is 4.99 Å². The number of benzene rings is 3. The fourth-order valence-corrected chi connectivity index (χ4v) is 9.81. The highest BCUT2D eigenvalue weighted by atomic mass is 31.2. The second-order valence-corrected chi connectivity index (χ2v) is 17.0. The minimum atomic E-state index is -1.62. The fraction of sp³-hybridized carbons (Fsp3) is 0.457. The average molecular weight is 865 g/mol. The molecule has 2 fully saturated rings. The minimum absolute atomic E-state index is 0.104. The van der Waals surface area contributed by atoms with E-state index in [2.05, 4.69) is 59.2 Å². The number of morpholine rings is 1. The number of hydrogen-bond acceptors (Lipinski definition) is 12. The Morgan fingerprint density at radius 2 is 1.53 bits per heavy atom. The van der Waals surface area contributed by atoms with Crippen molar-refractivity contribution in [3.05, 3.63) is 120 Å². The molecule has 5 aromatic rings. The summed E-state index contributed by atoms with van der Waals surface area (Å²) in [7, 11) is 1.69. The van der Waals surface area contributed by atoms with Crippen LogP contribution in [0.2, 0.25) is 0 Å². The number of aliphatic imine (C=N–C) groups is 1. The molecule has 0 aliphatic carbocycles. The van der Waals surface area contributed by atoms with E-state index in [0.717, 1.165) is 47.1 Å². The smallest absolute Gasteiger partial charge is 0.259 e. The number of imidazole rings is 1. The predicted octanol–water partition coefficient (Wildman–Crippen LogP) is 8.19. The molecule has 2 aromatic heterocycles. The summed E-state index contributed by atoms with van der Waals surface area (Å²) >= 11 is 0. The fourth-order valence-electron chi connectivity index (χ4n) is 8.06. The summed E-state index contributed by atoms with van der Waals surface area (Å²) in [5.74, 6) is 2.78. The van der Waals surface area contributed by atoms with Crippen LogP contribution in [-0.4, -0.2) is 119 Å². The molecule has 2 aliphatic rings. The molecule has 62 heavy (non-hydrogen) atoms. The van der Waals surface area contributed by atoms with E-state index in [4.69, 9.17) is 54.3 Å². The highest BCUT2D eigenvalue weighted by Crippen LogP contribution is 2.51. The van der Waals surface area contributed by atoms with E-state index in [1.54, 1.807) is 20.5 Å². The van der Waals surface area contributed by atoms with Crippen LogP contribution in [0, 0.1) is 6.57 Å². The maximum absolute atomic E-state index is 7.44. The van der Waals surface area contributed by atoms with E-state index >= 15 is 0 Å². The molecule has 328 valence electrons. The van der Waals surface area contributed by atoms with Gasteiger partial charge in [0.1, 0.15) is 48.2 Å². The Labute approximate surface area is 365 Å². The van der Waals surface area contributed by atoms with E-state index in [1.807, 2.05) is 78.2 Å². The monoisotopic (exact) mass is 864 g/mol. The third kappa shape index (κ3) is 9.93. The lowest BCUT2D eigenvalue weighted by Gasteiger charge is -2.39. The van der Waals surface area contributed by atoms with Crippen LogP contribution >= 0.6 is 8.53 Å². The van der Waals surface area contributed by atoms with Crippen LogP contribution < -0.4 is 9.47 Å². The number of amidine groups is 1. The molecule has 0 spiro atoms. The molecule has 7 rings (SSSR count). The Kier molecular flexibility index (Phi) is 15.2. The van der Waals surface area contributed by atoms with Crippen molar-refractivity contribution < 1.29 is 32.7 Å². The van der Waals surface area contributed by atoms with Crippen LogP contribution in [0.15, 0.2) is 96.5 Å². The van der Waals surface area contributed by atoms with Crippen molar-refractivity contribution >= 4 is 31.3 Å². The standard InChI is InChI=1S/C46H57N8O7P/c1-32(2)54(33(3)4)62(59-25-22-47-6)61-40-28-42(53-31-50-43-44(48-30-49-45(43)53)51-34(5)52-23-26-57-27-24-52)60-41(40)29-58-46(35-12-10-9-11-13-35,36-14-18-38(55-7)19-15-36)37-16-20-39(56-8)21-17-37/h9-21,30-33,40-42H,22-29H2,1-5,7-8H3/t40?,41-,42-,62?/m1/s1. The summed E-state index contributed by atoms with van der Waals surface area (Å²) in [6.07, 6.45) is 2.06. The number of hydrogen-bond donors (Lipinski definition) is 0. The lowest BCUT2D eigenvalue weighted by Crippen LogP contribution is -2.39. The highest BCUT2D eigenvalue weighted by Gasteiger charge is 2.45. The van der Waals surface area contributed by atoms with E-state index in [9.17, 15) is 0 Å². The molecule has 0 bridgehead atoms. The van der Waals surface area contributed by atoms with Crippen LogP contribution in [0.1, 0.15) is 64.0 Å². The predicted molar refractivity (Wildman–Crippen MR) is 239 cm³/mol. The Morgan fingerprint density at radius 3 is 2.13 bits per heavy atom. The zero-order valence-corrected chi connectivity index (χ0v) is 37.5. The largest absolute Gasteiger partial charge is 0.497 e. The van der Waals surface area contributed by atoms with Crippen molar-refractivity contribution in [3.8, 4) is 11.5 Å². The summed E-state index contributed by atoms with van der Waals surface area (Å²) in [4.78, 5) is 24.6. The molecule has 2 aliphatic heterocycles. The summed E-state index contributed by atoms with van der Waals surface area (Å²) in [5.41, 5.74) is 2.79. The first-order chi connectivity index (χ1) is 30.2. The number of rotatable bonds is 18.